The quantitative estimate of drug-likeness (QED) is 0.470. The second-order valence-electron chi connectivity index (χ2n) is 9.82. The van der Waals surface area contributed by atoms with Crippen molar-refractivity contribution in [2.75, 3.05) is 0 Å². The van der Waals surface area contributed by atoms with E-state index in [1.165, 1.54) is 26.7 Å². The lowest BCUT2D eigenvalue weighted by Gasteiger charge is -2.59. The minimum atomic E-state index is -0.272. The van der Waals surface area contributed by atoms with E-state index in [4.69, 9.17) is 9.47 Å². The zero-order valence-electron chi connectivity index (χ0n) is 18.3. The van der Waals surface area contributed by atoms with Gasteiger partial charge in [-0.3, -0.25) is 9.59 Å². The summed E-state index contributed by atoms with van der Waals surface area (Å²) in [6, 6.07) is 0. The Hall–Kier alpha value is -1.58. The number of ether oxygens (including phenoxy) is 2. The van der Waals surface area contributed by atoms with E-state index in [1.54, 1.807) is 0 Å². The van der Waals surface area contributed by atoms with Gasteiger partial charge in [0, 0.05) is 25.7 Å². The van der Waals surface area contributed by atoms with Crippen LogP contribution >= 0.6 is 0 Å². The minimum absolute atomic E-state index is 0.0288. The van der Waals surface area contributed by atoms with Crippen molar-refractivity contribution in [3.05, 3.63) is 23.8 Å². The molecule has 0 bridgehead atoms. The molecule has 4 heteroatoms. The molecule has 3 rings (SSSR count). The van der Waals surface area contributed by atoms with Gasteiger partial charge in [0.15, 0.2) is 0 Å². The second-order valence-corrected chi connectivity index (χ2v) is 9.82. The van der Waals surface area contributed by atoms with Gasteiger partial charge in [-0.2, -0.15) is 0 Å². The Balaban J connectivity index is 1.82. The Labute approximate surface area is 169 Å². The molecule has 3 fully saturated rings. The fourth-order valence-electron chi connectivity index (χ4n) is 6.81. The Kier molecular flexibility index (Phi) is 5.80. The third-order valence-electron chi connectivity index (χ3n) is 7.71. The zero-order valence-corrected chi connectivity index (χ0v) is 18.3. The van der Waals surface area contributed by atoms with Crippen LogP contribution < -0.4 is 0 Å². The van der Waals surface area contributed by atoms with Gasteiger partial charge in [-0.05, 0) is 62.4 Å². The number of hydrogen-bond acceptors (Lipinski definition) is 4. The normalized spacial score (nSPS) is 39.2. The van der Waals surface area contributed by atoms with Gasteiger partial charge in [-0.1, -0.05) is 38.0 Å². The summed E-state index contributed by atoms with van der Waals surface area (Å²) >= 11 is 0. The molecular formula is C24H36O4. The summed E-state index contributed by atoms with van der Waals surface area (Å²) in [6.45, 7) is 16.1. The van der Waals surface area contributed by atoms with Crippen molar-refractivity contribution in [3.8, 4) is 0 Å². The molecule has 3 aliphatic rings. The number of hydrogen-bond donors (Lipinski definition) is 0. The summed E-state index contributed by atoms with van der Waals surface area (Å²) in [7, 11) is 0. The average molecular weight is 389 g/mol. The topological polar surface area (TPSA) is 52.6 Å². The molecule has 0 aromatic carbocycles. The highest BCUT2D eigenvalue weighted by Gasteiger charge is 2.71. The third kappa shape index (κ3) is 3.55. The van der Waals surface area contributed by atoms with Gasteiger partial charge in [0.25, 0.3) is 0 Å². The van der Waals surface area contributed by atoms with E-state index < -0.39 is 0 Å². The van der Waals surface area contributed by atoms with Crippen LogP contribution in [-0.2, 0) is 19.1 Å². The van der Waals surface area contributed by atoms with Gasteiger partial charge in [-0.15, -0.1) is 0 Å². The number of fused-ring (bicyclic) bond motifs is 4. The highest BCUT2D eigenvalue weighted by molar-refractivity contribution is 5.66. The van der Waals surface area contributed by atoms with Crippen LogP contribution in [-0.4, -0.2) is 24.1 Å². The maximum Gasteiger partial charge on any atom is 0.303 e. The lowest BCUT2D eigenvalue weighted by Crippen LogP contribution is -2.57. The number of rotatable bonds is 6. The highest BCUT2D eigenvalue weighted by Crippen LogP contribution is 2.73. The number of carbonyl (C=O) groups excluding carboxylic acids is 2. The van der Waals surface area contributed by atoms with E-state index in [0.717, 1.165) is 23.5 Å². The predicted octanol–water partition coefficient (Wildman–Crippen LogP) is 5.08. The summed E-state index contributed by atoms with van der Waals surface area (Å²) in [5.41, 5.74) is 2.32. The minimum Gasteiger partial charge on any atom is -0.462 e. The van der Waals surface area contributed by atoms with Crippen LogP contribution in [0.4, 0.5) is 0 Å². The molecule has 0 N–H and O–H groups in total. The van der Waals surface area contributed by atoms with Crippen LogP contribution in [0.3, 0.4) is 0 Å². The van der Waals surface area contributed by atoms with E-state index in [-0.39, 0.29) is 29.6 Å². The fourth-order valence-corrected chi connectivity index (χ4v) is 6.81. The van der Waals surface area contributed by atoms with E-state index >= 15 is 0 Å². The maximum atomic E-state index is 11.8. The summed E-state index contributed by atoms with van der Waals surface area (Å²) in [4.78, 5) is 23.3. The van der Waals surface area contributed by atoms with Gasteiger partial charge in [0.05, 0.1) is 0 Å². The molecule has 0 heterocycles. The molecule has 4 nitrogen and oxygen atoms in total. The number of esters is 2. The Morgan fingerprint density at radius 2 is 1.86 bits per heavy atom. The maximum absolute atomic E-state index is 11.8. The first kappa shape index (κ1) is 21.1. The van der Waals surface area contributed by atoms with Gasteiger partial charge >= 0.3 is 11.9 Å². The van der Waals surface area contributed by atoms with Gasteiger partial charge in [-0.25, -0.2) is 0 Å². The molecule has 0 amide bonds. The van der Waals surface area contributed by atoms with E-state index in [9.17, 15) is 9.59 Å². The summed E-state index contributed by atoms with van der Waals surface area (Å²) in [5.74, 6) is 2.44. The van der Waals surface area contributed by atoms with E-state index in [0.29, 0.717) is 30.1 Å². The molecular weight excluding hydrogens is 352 g/mol. The van der Waals surface area contributed by atoms with Crippen LogP contribution in [0.1, 0.15) is 67.2 Å². The SMILES string of the molecule is C=C(C[C@@H](C=C(C)C)OC(C)=O)[C@@H]1C[C@@H](OC(C)=O)[C@@]2(C)[C@@H]1[C@@H]1[C@H](C)CC[C@@H]12. The van der Waals surface area contributed by atoms with Crippen LogP contribution in [0.15, 0.2) is 23.8 Å². The van der Waals surface area contributed by atoms with Crippen molar-refractivity contribution in [2.24, 2.45) is 35.0 Å². The van der Waals surface area contributed by atoms with Crippen molar-refractivity contribution in [3.63, 3.8) is 0 Å². The Morgan fingerprint density at radius 1 is 1.18 bits per heavy atom. The average Bonchev–Trinajstić information content (AvgIpc) is 2.99. The lowest BCUT2D eigenvalue weighted by molar-refractivity contribution is -0.177. The van der Waals surface area contributed by atoms with Crippen molar-refractivity contribution >= 4 is 11.9 Å². The summed E-state index contributed by atoms with van der Waals surface area (Å²) in [5, 5.41) is 0. The van der Waals surface area contributed by atoms with E-state index in [1.807, 2.05) is 19.9 Å². The standard InChI is InChI=1S/C24H36O4/c1-13(2)10-18(27-16(5)25)11-15(4)19-12-21(28-17(6)26)24(7)20-9-8-14(3)22(20)23(19)24/h10,14,18-23H,4,8-9,11-12H2,1-3,5-7H3/t14-,18-,19+,20+,21-,22-,23+,24+/m1/s1. The molecule has 0 aromatic rings. The molecule has 0 saturated heterocycles. The molecule has 0 aromatic heterocycles. The lowest BCUT2D eigenvalue weighted by atomic mass is 9.46. The number of carbonyl (C=O) groups is 2. The summed E-state index contributed by atoms with van der Waals surface area (Å²) < 4.78 is 11.4. The fraction of sp³-hybridized carbons (Fsp3) is 0.750. The van der Waals surface area contributed by atoms with Gasteiger partial charge in [0.1, 0.15) is 12.2 Å². The van der Waals surface area contributed by atoms with Crippen LogP contribution in [0.2, 0.25) is 0 Å². The Bertz CT molecular complexity index is 689. The molecule has 0 aliphatic heterocycles. The zero-order chi connectivity index (χ0) is 20.8. The smallest absolute Gasteiger partial charge is 0.303 e. The van der Waals surface area contributed by atoms with Crippen LogP contribution in [0.5, 0.6) is 0 Å². The number of allylic oxidation sites excluding steroid dienone is 1. The monoisotopic (exact) mass is 388 g/mol. The molecule has 3 aliphatic carbocycles. The predicted molar refractivity (Wildman–Crippen MR) is 109 cm³/mol. The first-order valence-electron chi connectivity index (χ1n) is 10.7. The summed E-state index contributed by atoms with van der Waals surface area (Å²) in [6.07, 6.45) is 5.70. The van der Waals surface area contributed by atoms with Gasteiger partial charge in [0.2, 0.25) is 0 Å². The first-order valence-corrected chi connectivity index (χ1v) is 10.7. The van der Waals surface area contributed by atoms with Crippen molar-refractivity contribution < 1.29 is 19.1 Å². The second kappa shape index (κ2) is 7.68. The molecule has 156 valence electrons. The van der Waals surface area contributed by atoms with Crippen molar-refractivity contribution in [2.45, 2.75) is 79.4 Å². The molecule has 0 spiro atoms. The molecule has 3 saturated carbocycles. The third-order valence-corrected chi connectivity index (χ3v) is 7.71. The first-order chi connectivity index (χ1) is 13.1. The van der Waals surface area contributed by atoms with Crippen molar-refractivity contribution in [1.82, 2.24) is 0 Å². The molecule has 28 heavy (non-hydrogen) atoms. The molecule has 8 atom stereocenters. The Morgan fingerprint density at radius 3 is 2.43 bits per heavy atom. The van der Waals surface area contributed by atoms with E-state index in [2.05, 4.69) is 20.4 Å². The van der Waals surface area contributed by atoms with Gasteiger partial charge < -0.3 is 9.47 Å². The van der Waals surface area contributed by atoms with Crippen LogP contribution in [0, 0.1) is 35.0 Å². The highest BCUT2D eigenvalue weighted by atomic mass is 16.5. The molecule has 0 radical (unpaired) electrons. The molecule has 0 unspecified atom stereocenters. The van der Waals surface area contributed by atoms with Crippen LogP contribution in [0.25, 0.3) is 0 Å². The largest absolute Gasteiger partial charge is 0.462 e. The van der Waals surface area contributed by atoms with Crippen molar-refractivity contribution in [1.29, 1.82) is 0 Å².